The van der Waals surface area contributed by atoms with Crippen molar-refractivity contribution in [2.75, 3.05) is 19.6 Å². The lowest BCUT2D eigenvalue weighted by Crippen LogP contribution is -2.51. The Morgan fingerprint density at radius 3 is 2.71 bits per heavy atom. The van der Waals surface area contributed by atoms with Crippen LogP contribution in [0.1, 0.15) is 18.4 Å². The molecule has 0 radical (unpaired) electrons. The van der Waals surface area contributed by atoms with Crippen molar-refractivity contribution in [3.05, 3.63) is 29.8 Å². The van der Waals surface area contributed by atoms with Gasteiger partial charge in [-0.3, -0.25) is 4.90 Å². The Hall–Kier alpha value is -1.06. The second kappa shape index (κ2) is 4.67. The average molecular weight is 232 g/mol. The molecular formula is C14H20N2O. The number of benzene rings is 1. The van der Waals surface area contributed by atoms with Crippen LogP contribution in [-0.4, -0.2) is 35.7 Å². The molecule has 2 N–H and O–H groups in total. The molecule has 3 heteroatoms. The highest BCUT2D eigenvalue weighted by Crippen LogP contribution is 2.36. The largest absolute Gasteiger partial charge is 0.508 e. The summed E-state index contributed by atoms with van der Waals surface area (Å²) in [6.07, 6.45) is 2.80. The van der Waals surface area contributed by atoms with E-state index in [1.165, 1.54) is 18.4 Å². The maximum atomic E-state index is 9.29. The molecule has 3 nitrogen and oxygen atoms in total. The number of hydrogen-bond acceptors (Lipinski definition) is 3. The van der Waals surface area contributed by atoms with Gasteiger partial charge in [0.15, 0.2) is 0 Å². The summed E-state index contributed by atoms with van der Waals surface area (Å²) in [6, 6.07) is 8.34. The van der Waals surface area contributed by atoms with Gasteiger partial charge in [-0.2, -0.15) is 0 Å². The van der Waals surface area contributed by atoms with Crippen LogP contribution in [0.3, 0.4) is 0 Å². The van der Waals surface area contributed by atoms with E-state index in [0.717, 1.165) is 38.1 Å². The van der Waals surface area contributed by atoms with Crippen LogP contribution in [0.5, 0.6) is 5.75 Å². The van der Waals surface area contributed by atoms with Crippen LogP contribution in [0.2, 0.25) is 0 Å². The van der Waals surface area contributed by atoms with Crippen molar-refractivity contribution in [1.82, 2.24) is 10.2 Å². The summed E-state index contributed by atoms with van der Waals surface area (Å²) in [5, 5.41) is 12.8. The molecule has 2 fully saturated rings. The first-order valence-corrected chi connectivity index (χ1v) is 6.55. The van der Waals surface area contributed by atoms with Gasteiger partial charge < -0.3 is 10.4 Å². The zero-order valence-corrected chi connectivity index (χ0v) is 10.1. The van der Waals surface area contributed by atoms with E-state index >= 15 is 0 Å². The van der Waals surface area contributed by atoms with Gasteiger partial charge in [0.2, 0.25) is 0 Å². The first kappa shape index (κ1) is 11.1. The summed E-state index contributed by atoms with van der Waals surface area (Å²) in [6.45, 7) is 4.40. The van der Waals surface area contributed by atoms with Crippen LogP contribution in [0, 0.1) is 5.92 Å². The topological polar surface area (TPSA) is 35.5 Å². The predicted molar refractivity (Wildman–Crippen MR) is 67.9 cm³/mol. The summed E-state index contributed by atoms with van der Waals surface area (Å²) in [5.74, 6) is 1.27. The first-order chi connectivity index (χ1) is 8.33. The molecule has 92 valence electrons. The lowest BCUT2D eigenvalue weighted by atomic mass is 10.1. The summed E-state index contributed by atoms with van der Waals surface area (Å²) < 4.78 is 0. The minimum atomic E-state index is 0.354. The van der Waals surface area contributed by atoms with Crippen LogP contribution >= 0.6 is 0 Å². The third-order valence-electron chi connectivity index (χ3n) is 3.89. The lowest BCUT2D eigenvalue weighted by Gasteiger charge is -2.36. The van der Waals surface area contributed by atoms with Gasteiger partial charge in [-0.25, -0.2) is 0 Å². The number of phenols is 1. The monoisotopic (exact) mass is 232 g/mol. The van der Waals surface area contributed by atoms with Gasteiger partial charge in [0, 0.05) is 32.2 Å². The third-order valence-corrected chi connectivity index (χ3v) is 3.89. The fourth-order valence-corrected chi connectivity index (χ4v) is 2.75. The van der Waals surface area contributed by atoms with E-state index in [1.54, 1.807) is 12.1 Å². The maximum Gasteiger partial charge on any atom is 0.115 e. The lowest BCUT2D eigenvalue weighted by molar-refractivity contribution is 0.135. The van der Waals surface area contributed by atoms with Crippen molar-refractivity contribution in [3.8, 4) is 5.75 Å². The van der Waals surface area contributed by atoms with Crippen molar-refractivity contribution < 1.29 is 5.11 Å². The van der Waals surface area contributed by atoms with E-state index in [0.29, 0.717) is 5.75 Å². The molecule has 1 saturated carbocycles. The Morgan fingerprint density at radius 1 is 1.24 bits per heavy atom. The van der Waals surface area contributed by atoms with E-state index in [1.807, 2.05) is 12.1 Å². The molecule has 1 aromatic carbocycles. The van der Waals surface area contributed by atoms with E-state index in [4.69, 9.17) is 0 Å². The van der Waals surface area contributed by atoms with E-state index in [2.05, 4.69) is 10.2 Å². The SMILES string of the molecule is Oc1ccc(CN2CCNCC2C2CC2)cc1. The van der Waals surface area contributed by atoms with E-state index in [-0.39, 0.29) is 0 Å². The molecule has 1 aliphatic carbocycles. The molecule has 1 unspecified atom stereocenters. The normalized spacial score (nSPS) is 26.0. The standard InChI is InChI=1S/C14H20N2O/c17-13-5-1-11(2-6-13)10-16-8-7-15-9-14(16)12-3-4-12/h1-2,5-6,12,14-15,17H,3-4,7-10H2. The highest BCUT2D eigenvalue weighted by molar-refractivity contribution is 5.25. The minimum Gasteiger partial charge on any atom is -0.508 e. The molecule has 1 aliphatic heterocycles. The first-order valence-electron chi connectivity index (χ1n) is 6.55. The molecule has 0 aromatic heterocycles. The molecule has 0 spiro atoms. The van der Waals surface area contributed by atoms with Gasteiger partial charge in [-0.05, 0) is 36.5 Å². The van der Waals surface area contributed by atoms with Crippen LogP contribution in [0.25, 0.3) is 0 Å². The van der Waals surface area contributed by atoms with Gasteiger partial charge >= 0.3 is 0 Å². The van der Waals surface area contributed by atoms with E-state index in [9.17, 15) is 5.11 Å². The van der Waals surface area contributed by atoms with Crippen LogP contribution in [0.15, 0.2) is 24.3 Å². The van der Waals surface area contributed by atoms with Crippen molar-refractivity contribution >= 4 is 0 Å². The number of aromatic hydroxyl groups is 1. The molecule has 3 rings (SSSR count). The van der Waals surface area contributed by atoms with Crippen molar-refractivity contribution in [2.24, 2.45) is 5.92 Å². The highest BCUT2D eigenvalue weighted by Gasteiger charge is 2.36. The molecule has 1 heterocycles. The number of hydrogen-bond donors (Lipinski definition) is 2. The Balaban J connectivity index is 1.67. The number of nitrogens with zero attached hydrogens (tertiary/aromatic N) is 1. The van der Waals surface area contributed by atoms with Gasteiger partial charge in [-0.15, -0.1) is 0 Å². The Bertz CT molecular complexity index is 372. The van der Waals surface area contributed by atoms with Crippen LogP contribution in [-0.2, 0) is 6.54 Å². The van der Waals surface area contributed by atoms with E-state index < -0.39 is 0 Å². The van der Waals surface area contributed by atoms with Gasteiger partial charge in [-0.1, -0.05) is 12.1 Å². The van der Waals surface area contributed by atoms with Gasteiger partial charge in [0.05, 0.1) is 0 Å². The van der Waals surface area contributed by atoms with Crippen molar-refractivity contribution in [3.63, 3.8) is 0 Å². The van der Waals surface area contributed by atoms with Crippen LogP contribution in [0.4, 0.5) is 0 Å². The smallest absolute Gasteiger partial charge is 0.115 e. The summed E-state index contributed by atoms with van der Waals surface area (Å²) >= 11 is 0. The predicted octanol–water partition coefficient (Wildman–Crippen LogP) is 1.58. The minimum absolute atomic E-state index is 0.354. The number of nitrogens with one attached hydrogen (secondary N) is 1. The molecular weight excluding hydrogens is 212 g/mol. The Kier molecular flexibility index (Phi) is 3.04. The van der Waals surface area contributed by atoms with Crippen LogP contribution < -0.4 is 5.32 Å². The summed E-state index contributed by atoms with van der Waals surface area (Å²) in [7, 11) is 0. The summed E-state index contributed by atoms with van der Waals surface area (Å²) in [5.41, 5.74) is 1.30. The second-order valence-corrected chi connectivity index (χ2v) is 5.25. The number of rotatable bonds is 3. The average Bonchev–Trinajstić information content (AvgIpc) is 3.17. The van der Waals surface area contributed by atoms with Crippen molar-refractivity contribution in [1.29, 1.82) is 0 Å². The summed E-state index contributed by atoms with van der Waals surface area (Å²) in [4.78, 5) is 2.60. The molecule has 1 atom stereocenters. The molecule has 2 aliphatic rings. The molecule has 0 bridgehead atoms. The Morgan fingerprint density at radius 2 is 2.00 bits per heavy atom. The number of piperazine rings is 1. The molecule has 0 amide bonds. The zero-order valence-electron chi connectivity index (χ0n) is 10.1. The molecule has 1 aromatic rings. The second-order valence-electron chi connectivity index (χ2n) is 5.25. The molecule has 17 heavy (non-hydrogen) atoms. The highest BCUT2D eigenvalue weighted by atomic mass is 16.3. The van der Waals surface area contributed by atoms with Crippen molar-refractivity contribution in [2.45, 2.75) is 25.4 Å². The van der Waals surface area contributed by atoms with Gasteiger partial charge in [0.1, 0.15) is 5.75 Å². The maximum absolute atomic E-state index is 9.29. The Labute approximate surface area is 102 Å². The number of phenolic OH excluding ortho intramolecular Hbond substituents is 1. The third kappa shape index (κ3) is 2.61. The molecule has 1 saturated heterocycles. The zero-order chi connectivity index (χ0) is 11.7. The van der Waals surface area contributed by atoms with Gasteiger partial charge in [0.25, 0.3) is 0 Å². The fraction of sp³-hybridized carbons (Fsp3) is 0.571. The fourth-order valence-electron chi connectivity index (χ4n) is 2.75. The quantitative estimate of drug-likeness (QED) is 0.830.